The lowest BCUT2D eigenvalue weighted by Crippen LogP contribution is -2.21. The summed E-state index contributed by atoms with van der Waals surface area (Å²) in [5.74, 6) is -6.12. The van der Waals surface area contributed by atoms with Gasteiger partial charge in [-0.15, -0.1) is 0 Å². The Morgan fingerprint density at radius 3 is 1.22 bits per heavy atom. The van der Waals surface area contributed by atoms with E-state index in [0.717, 1.165) is 0 Å². The Hall–Kier alpha value is -4.84. The molecular formula is C46H64ClF4NO11. The highest BCUT2D eigenvalue weighted by atomic mass is 35.5. The minimum atomic E-state index is -2.69. The predicted molar refractivity (Wildman–Crippen MR) is 235 cm³/mol. The predicted octanol–water partition coefficient (Wildman–Crippen LogP) is 8.86. The molecule has 2 aliphatic carbocycles. The molecule has 5 rings (SSSR count). The summed E-state index contributed by atoms with van der Waals surface area (Å²) in [6.07, 6.45) is 0.265. The van der Waals surface area contributed by atoms with Gasteiger partial charge >= 0.3 is 11.9 Å². The molecule has 2 fully saturated rings. The molecule has 0 aromatic heterocycles. The van der Waals surface area contributed by atoms with Crippen molar-refractivity contribution in [3.63, 3.8) is 0 Å². The fourth-order valence-electron chi connectivity index (χ4n) is 4.21. The van der Waals surface area contributed by atoms with Gasteiger partial charge in [-0.05, 0) is 55.5 Å². The lowest BCUT2D eigenvalue weighted by Gasteiger charge is -2.13. The molecule has 0 aliphatic heterocycles. The van der Waals surface area contributed by atoms with Crippen LogP contribution in [0.25, 0.3) is 0 Å². The highest BCUT2D eigenvalue weighted by Crippen LogP contribution is 2.44. The number of alkyl halides is 4. The molecular weight excluding hydrogens is 854 g/mol. The molecule has 63 heavy (non-hydrogen) atoms. The van der Waals surface area contributed by atoms with Crippen LogP contribution < -0.4 is 0 Å². The Balaban J connectivity index is 0. The van der Waals surface area contributed by atoms with Gasteiger partial charge in [0.05, 0.1) is 50.1 Å². The lowest BCUT2D eigenvalue weighted by molar-refractivity contribution is -0.00719. The monoisotopic (exact) mass is 917 g/mol. The molecule has 0 bridgehead atoms. The van der Waals surface area contributed by atoms with E-state index >= 15 is 0 Å². The zero-order chi connectivity index (χ0) is 46.7. The number of carbonyl (C=O) groups is 3. The van der Waals surface area contributed by atoms with E-state index in [1.165, 1.54) is 32.2 Å². The molecule has 2 atom stereocenters. The summed E-state index contributed by atoms with van der Waals surface area (Å²) >= 11 is 5.16. The molecule has 0 heterocycles. The number of ether oxygens (including phenoxy) is 6. The van der Waals surface area contributed by atoms with Crippen molar-refractivity contribution in [1.29, 1.82) is 0 Å². The number of carbonyl (C=O) groups excluding carboxylic acids is 3. The van der Waals surface area contributed by atoms with Crippen molar-refractivity contribution in [2.75, 3.05) is 72.5 Å². The van der Waals surface area contributed by atoms with Crippen LogP contribution >= 0.6 is 11.6 Å². The second kappa shape index (κ2) is 36.6. The van der Waals surface area contributed by atoms with Crippen molar-refractivity contribution in [3.05, 3.63) is 133 Å². The molecule has 0 amide bonds. The molecule has 2 unspecified atom stereocenters. The fourth-order valence-corrected chi connectivity index (χ4v) is 4.34. The summed E-state index contributed by atoms with van der Waals surface area (Å²) < 4.78 is 77.1. The number of nitrogens with zero attached hydrogens (tertiary/aromatic N) is 1. The number of aliphatic hydroxyl groups excluding tert-OH is 2. The van der Waals surface area contributed by atoms with Gasteiger partial charge in [-0.25, -0.2) is 27.2 Å². The Bertz CT molecular complexity index is 1620. The highest BCUT2D eigenvalue weighted by Gasteiger charge is 2.58. The number of halogens is 5. The van der Waals surface area contributed by atoms with E-state index in [4.69, 9.17) is 40.8 Å². The molecule has 3 aromatic carbocycles. The van der Waals surface area contributed by atoms with Crippen LogP contribution in [-0.2, 0) is 28.4 Å². The third kappa shape index (κ3) is 30.8. The Kier molecular flexibility index (Phi) is 35.0. The second-order valence-corrected chi connectivity index (χ2v) is 12.8. The van der Waals surface area contributed by atoms with Crippen LogP contribution in [0.1, 0.15) is 72.1 Å². The first-order valence-electron chi connectivity index (χ1n) is 19.7. The van der Waals surface area contributed by atoms with E-state index < -0.39 is 35.3 Å². The Labute approximate surface area is 374 Å². The molecule has 0 saturated heterocycles. The second-order valence-electron chi connectivity index (χ2n) is 12.4. The van der Waals surface area contributed by atoms with Gasteiger partial charge in [-0.1, -0.05) is 108 Å². The van der Waals surface area contributed by atoms with Crippen molar-refractivity contribution in [2.24, 2.45) is 0 Å². The molecule has 2 saturated carbocycles. The number of rotatable bonds is 20. The van der Waals surface area contributed by atoms with Crippen LogP contribution in [0.3, 0.4) is 0 Å². The summed E-state index contributed by atoms with van der Waals surface area (Å²) in [6.45, 7) is 17.6. The standard InChI is InChI=1S/C12H12F2O3.C11H12O3.C7H5ClO.C6H15N.C5H8F2O2.C4H8O2.CH4/c13-12(14)8-10(12)16-6-7-17-11(15)9-4-2-1-3-5-9;1-2-13-8-9-14-11(12)10-6-4-3-5-7-10;8-7(9)6-4-2-1-3-5-6;1-4-7(5-2)6-3;6-5(7)3-4(5)9-2-1-8;1-2-6-4-3-5;/h1-5,10H,6-8H2;2-7H,1,8-9H2;1-5H;4-6H2,1-3H3;4,8H,1-3H2;2,5H,1,3-4H2;1H4. The van der Waals surface area contributed by atoms with Crippen molar-refractivity contribution < 1.29 is 70.6 Å². The van der Waals surface area contributed by atoms with Gasteiger partial charge in [-0.2, -0.15) is 0 Å². The Morgan fingerprint density at radius 2 is 0.952 bits per heavy atom. The third-order valence-electron chi connectivity index (χ3n) is 7.82. The average molecular weight is 918 g/mol. The molecule has 12 nitrogen and oxygen atoms in total. The Morgan fingerprint density at radius 1 is 0.619 bits per heavy atom. The quantitative estimate of drug-likeness (QED) is 0.0367. The van der Waals surface area contributed by atoms with Gasteiger partial charge < -0.3 is 43.5 Å². The van der Waals surface area contributed by atoms with E-state index in [9.17, 15) is 31.9 Å². The van der Waals surface area contributed by atoms with Crippen LogP contribution in [0, 0.1) is 0 Å². The van der Waals surface area contributed by atoms with Crippen molar-refractivity contribution in [2.45, 2.75) is 65.1 Å². The fraction of sp³-hybridized carbons (Fsp3) is 0.457. The molecule has 0 spiro atoms. The first kappa shape index (κ1) is 60.2. The summed E-state index contributed by atoms with van der Waals surface area (Å²) in [5, 5.41) is 15.8. The van der Waals surface area contributed by atoms with Gasteiger partial charge in [-0.3, -0.25) is 4.79 Å². The zero-order valence-corrected chi connectivity index (χ0v) is 36.2. The number of aliphatic hydroxyl groups is 2. The summed E-state index contributed by atoms with van der Waals surface area (Å²) in [7, 11) is 0. The maximum Gasteiger partial charge on any atom is 0.338 e. The molecule has 3 aromatic rings. The van der Waals surface area contributed by atoms with Crippen molar-refractivity contribution in [3.8, 4) is 0 Å². The van der Waals surface area contributed by atoms with Crippen LogP contribution in [0.2, 0.25) is 0 Å². The molecule has 0 radical (unpaired) electrons. The van der Waals surface area contributed by atoms with Crippen LogP contribution in [0.15, 0.2) is 117 Å². The normalized spacial score (nSPS) is 15.2. The van der Waals surface area contributed by atoms with Crippen LogP contribution in [0.5, 0.6) is 0 Å². The minimum Gasteiger partial charge on any atom is -0.499 e. The first-order valence-corrected chi connectivity index (χ1v) is 20.1. The summed E-state index contributed by atoms with van der Waals surface area (Å²) in [5.41, 5.74) is 1.52. The lowest BCUT2D eigenvalue weighted by atomic mass is 10.2. The topological polar surface area (TPSA) is 150 Å². The van der Waals surface area contributed by atoms with Gasteiger partial charge in [0, 0.05) is 18.4 Å². The molecule has 2 aliphatic rings. The first-order chi connectivity index (χ1) is 29.7. The summed E-state index contributed by atoms with van der Waals surface area (Å²) in [4.78, 5) is 35.5. The number of benzene rings is 3. The zero-order valence-electron chi connectivity index (χ0n) is 35.5. The minimum absolute atomic E-state index is 0. The largest absolute Gasteiger partial charge is 0.499 e. The maximum atomic E-state index is 12.4. The van der Waals surface area contributed by atoms with Gasteiger partial charge in [0.2, 0.25) is 0 Å². The molecule has 2 N–H and O–H groups in total. The summed E-state index contributed by atoms with van der Waals surface area (Å²) in [6, 6.07) is 26.0. The number of hydrogen-bond acceptors (Lipinski definition) is 12. The highest BCUT2D eigenvalue weighted by molar-refractivity contribution is 6.67. The van der Waals surface area contributed by atoms with Gasteiger partial charge in [0.15, 0.2) is 0 Å². The van der Waals surface area contributed by atoms with E-state index in [-0.39, 0.29) is 65.9 Å². The van der Waals surface area contributed by atoms with Gasteiger partial charge in [0.1, 0.15) is 38.6 Å². The smallest absolute Gasteiger partial charge is 0.338 e. The SMILES string of the molecule is C.C=COCCO.C=COCCOC(=O)c1ccccc1.CCN(CC)CC.O=C(Cl)c1ccccc1.O=C(OCCOC1CC1(F)F)c1ccccc1.OCCOC1CC1(F)F. The number of hydrogen-bond donors (Lipinski definition) is 2. The van der Waals surface area contributed by atoms with Crippen LogP contribution in [0.4, 0.5) is 17.6 Å². The molecule has 17 heteroatoms. The number of esters is 2. The maximum absolute atomic E-state index is 12.4. The molecule has 354 valence electrons. The van der Waals surface area contributed by atoms with E-state index in [1.54, 1.807) is 78.9 Å². The van der Waals surface area contributed by atoms with Crippen LogP contribution in [-0.4, -0.2) is 129 Å². The van der Waals surface area contributed by atoms with E-state index in [1.807, 2.05) is 12.1 Å². The van der Waals surface area contributed by atoms with E-state index in [0.29, 0.717) is 29.9 Å². The third-order valence-corrected chi connectivity index (χ3v) is 8.04. The van der Waals surface area contributed by atoms with Crippen molar-refractivity contribution >= 4 is 28.8 Å². The van der Waals surface area contributed by atoms with Gasteiger partial charge in [0.25, 0.3) is 17.1 Å². The van der Waals surface area contributed by atoms with Crippen molar-refractivity contribution in [1.82, 2.24) is 4.90 Å². The van der Waals surface area contributed by atoms with E-state index in [2.05, 4.69) is 48.3 Å². The average Bonchev–Trinajstić information content (AvgIpc) is 4.14.